The molecule has 2 aromatic carbocycles. The summed E-state index contributed by atoms with van der Waals surface area (Å²) in [4.78, 5) is 26.1. The summed E-state index contributed by atoms with van der Waals surface area (Å²) in [6, 6.07) is 10.9. The van der Waals surface area contributed by atoms with Crippen molar-refractivity contribution >= 4 is 33.2 Å². The molecule has 1 saturated heterocycles. The van der Waals surface area contributed by atoms with Crippen LogP contribution in [0.25, 0.3) is 0 Å². The Balaban J connectivity index is 1.92. The minimum atomic E-state index is -4.03. The van der Waals surface area contributed by atoms with Gasteiger partial charge in [0.25, 0.3) is 5.91 Å². The molecule has 1 heterocycles. The molecule has 2 aromatic rings. The third-order valence-corrected chi connectivity index (χ3v) is 5.17. The first-order valence-electron chi connectivity index (χ1n) is 8.23. The second kappa shape index (κ2) is 7.37. The maximum Gasteiger partial charge on any atom is 0.257 e. The molecule has 0 radical (unpaired) electrons. The number of ether oxygens (including phenoxy) is 1. The van der Waals surface area contributed by atoms with Crippen molar-refractivity contribution in [2.75, 3.05) is 23.9 Å². The number of para-hydroxylation sites is 1. The summed E-state index contributed by atoms with van der Waals surface area (Å²) >= 11 is 0. The van der Waals surface area contributed by atoms with Crippen molar-refractivity contribution < 1.29 is 22.7 Å². The summed E-state index contributed by atoms with van der Waals surface area (Å²) in [5, 5.41) is 7.85. The van der Waals surface area contributed by atoms with Crippen LogP contribution >= 0.6 is 0 Å². The number of hydrogen-bond donors (Lipinski definition) is 2. The number of carbonyl (C=O) groups is 2. The molecule has 0 spiro atoms. The Hall–Kier alpha value is -2.91. The van der Waals surface area contributed by atoms with Gasteiger partial charge in [0.1, 0.15) is 10.6 Å². The van der Waals surface area contributed by atoms with Gasteiger partial charge in [0.15, 0.2) is 0 Å². The standard InChI is InChI=1S/C18H19N3O5S/c1-26-15-9-8-12(11-16(15)27(19,24)25)20-18(23)13-5-2-3-6-14(13)21-10-4-7-17(21)22/h2-3,5-6,8-9,11H,4,7,10H2,1H3,(H,20,23)(H2,19,24,25). The number of nitrogens with one attached hydrogen (secondary N) is 1. The fourth-order valence-electron chi connectivity index (χ4n) is 2.98. The summed E-state index contributed by atoms with van der Waals surface area (Å²) in [6.07, 6.45) is 1.19. The lowest BCUT2D eigenvalue weighted by atomic mass is 10.1. The van der Waals surface area contributed by atoms with E-state index in [0.717, 1.165) is 6.42 Å². The van der Waals surface area contributed by atoms with Crippen molar-refractivity contribution in [2.45, 2.75) is 17.7 Å². The summed E-state index contributed by atoms with van der Waals surface area (Å²) in [5.41, 5.74) is 1.09. The second-order valence-corrected chi connectivity index (χ2v) is 7.56. The number of nitrogens with two attached hydrogens (primary N) is 1. The number of rotatable bonds is 5. The van der Waals surface area contributed by atoms with E-state index < -0.39 is 15.9 Å². The van der Waals surface area contributed by atoms with E-state index in [2.05, 4.69) is 5.32 Å². The molecule has 2 amide bonds. The normalized spacial score (nSPS) is 14.3. The van der Waals surface area contributed by atoms with Gasteiger partial charge in [0.2, 0.25) is 15.9 Å². The van der Waals surface area contributed by atoms with Crippen LogP contribution in [0.4, 0.5) is 11.4 Å². The summed E-state index contributed by atoms with van der Waals surface area (Å²) < 4.78 is 28.5. The molecule has 0 bridgehead atoms. The predicted molar refractivity (Wildman–Crippen MR) is 100 cm³/mol. The minimum absolute atomic E-state index is 0.0313. The van der Waals surface area contributed by atoms with Crippen LogP contribution < -0.4 is 20.1 Å². The van der Waals surface area contributed by atoms with Gasteiger partial charge in [0.05, 0.1) is 18.4 Å². The molecule has 1 aliphatic heterocycles. The smallest absolute Gasteiger partial charge is 0.257 e. The van der Waals surface area contributed by atoms with Gasteiger partial charge in [0, 0.05) is 18.7 Å². The third kappa shape index (κ3) is 3.93. The van der Waals surface area contributed by atoms with E-state index in [0.29, 0.717) is 24.2 Å². The van der Waals surface area contributed by atoms with E-state index in [9.17, 15) is 18.0 Å². The van der Waals surface area contributed by atoms with Crippen molar-refractivity contribution in [3.63, 3.8) is 0 Å². The van der Waals surface area contributed by atoms with Crippen LogP contribution in [-0.2, 0) is 14.8 Å². The number of primary sulfonamides is 1. The molecule has 1 aliphatic rings. The van der Waals surface area contributed by atoms with Gasteiger partial charge >= 0.3 is 0 Å². The van der Waals surface area contributed by atoms with Crippen LogP contribution in [0.1, 0.15) is 23.2 Å². The highest BCUT2D eigenvalue weighted by Gasteiger charge is 2.26. The number of carbonyl (C=O) groups excluding carboxylic acids is 2. The van der Waals surface area contributed by atoms with Crippen molar-refractivity contribution in [3.05, 3.63) is 48.0 Å². The van der Waals surface area contributed by atoms with Gasteiger partial charge < -0.3 is 15.0 Å². The zero-order valence-electron chi connectivity index (χ0n) is 14.6. The largest absolute Gasteiger partial charge is 0.495 e. The first kappa shape index (κ1) is 18.9. The van der Waals surface area contributed by atoms with Gasteiger partial charge in [-0.2, -0.15) is 0 Å². The average Bonchev–Trinajstić information content (AvgIpc) is 3.06. The molecule has 142 valence electrons. The molecule has 0 aromatic heterocycles. The first-order valence-corrected chi connectivity index (χ1v) is 9.77. The third-order valence-electron chi connectivity index (χ3n) is 4.24. The molecule has 0 unspecified atom stereocenters. The van der Waals surface area contributed by atoms with Crippen molar-refractivity contribution in [2.24, 2.45) is 5.14 Å². The Morgan fingerprint density at radius 2 is 1.96 bits per heavy atom. The molecule has 3 N–H and O–H groups in total. The fourth-order valence-corrected chi connectivity index (χ4v) is 3.70. The molecule has 1 fully saturated rings. The molecule has 27 heavy (non-hydrogen) atoms. The van der Waals surface area contributed by atoms with Crippen LogP contribution in [0, 0.1) is 0 Å². The zero-order valence-corrected chi connectivity index (χ0v) is 15.5. The highest BCUT2D eigenvalue weighted by atomic mass is 32.2. The number of sulfonamides is 1. The number of methoxy groups -OCH3 is 1. The Morgan fingerprint density at radius 1 is 1.22 bits per heavy atom. The topological polar surface area (TPSA) is 119 Å². The Labute approximate surface area is 157 Å². The molecular formula is C18H19N3O5S. The van der Waals surface area contributed by atoms with Gasteiger partial charge in [-0.15, -0.1) is 0 Å². The van der Waals surface area contributed by atoms with Gasteiger partial charge in [-0.1, -0.05) is 12.1 Å². The zero-order chi connectivity index (χ0) is 19.6. The monoisotopic (exact) mass is 389 g/mol. The highest BCUT2D eigenvalue weighted by molar-refractivity contribution is 7.89. The summed E-state index contributed by atoms with van der Waals surface area (Å²) in [6.45, 7) is 0.557. The van der Waals surface area contributed by atoms with Crippen LogP contribution in [0.3, 0.4) is 0 Å². The Kier molecular flexibility index (Phi) is 5.15. The van der Waals surface area contributed by atoms with E-state index in [1.54, 1.807) is 29.2 Å². The lowest BCUT2D eigenvalue weighted by Gasteiger charge is -2.19. The summed E-state index contributed by atoms with van der Waals surface area (Å²) in [5.74, 6) is -0.411. The second-order valence-electron chi connectivity index (χ2n) is 6.03. The molecule has 9 heteroatoms. The maximum absolute atomic E-state index is 12.8. The number of hydrogen-bond acceptors (Lipinski definition) is 5. The van der Waals surface area contributed by atoms with E-state index >= 15 is 0 Å². The van der Waals surface area contributed by atoms with E-state index in [4.69, 9.17) is 9.88 Å². The minimum Gasteiger partial charge on any atom is -0.495 e. The Morgan fingerprint density at radius 3 is 2.59 bits per heavy atom. The molecule has 8 nitrogen and oxygen atoms in total. The number of amides is 2. The highest BCUT2D eigenvalue weighted by Crippen LogP contribution is 2.28. The van der Waals surface area contributed by atoms with Crippen LogP contribution in [0.2, 0.25) is 0 Å². The van der Waals surface area contributed by atoms with Crippen LogP contribution in [-0.4, -0.2) is 33.9 Å². The predicted octanol–water partition coefficient (Wildman–Crippen LogP) is 1.72. The maximum atomic E-state index is 12.8. The fraction of sp³-hybridized carbons (Fsp3) is 0.222. The van der Waals surface area contributed by atoms with Crippen LogP contribution in [0.15, 0.2) is 47.4 Å². The van der Waals surface area contributed by atoms with E-state index in [1.165, 1.54) is 25.3 Å². The quantitative estimate of drug-likeness (QED) is 0.807. The Bertz CT molecular complexity index is 1000. The lowest BCUT2D eigenvalue weighted by Crippen LogP contribution is -2.27. The van der Waals surface area contributed by atoms with Gasteiger partial charge in [-0.05, 0) is 36.8 Å². The molecular weight excluding hydrogens is 370 g/mol. The van der Waals surface area contributed by atoms with Crippen molar-refractivity contribution in [3.8, 4) is 5.75 Å². The molecule has 0 atom stereocenters. The molecule has 0 saturated carbocycles. The van der Waals surface area contributed by atoms with E-state index in [1.807, 2.05) is 0 Å². The van der Waals surface area contributed by atoms with E-state index in [-0.39, 0.29) is 22.2 Å². The van der Waals surface area contributed by atoms with Gasteiger partial charge in [-0.25, -0.2) is 13.6 Å². The number of anilines is 2. The van der Waals surface area contributed by atoms with Crippen molar-refractivity contribution in [1.29, 1.82) is 0 Å². The molecule has 0 aliphatic carbocycles. The van der Waals surface area contributed by atoms with Gasteiger partial charge in [-0.3, -0.25) is 9.59 Å². The van der Waals surface area contributed by atoms with Crippen LogP contribution in [0.5, 0.6) is 5.75 Å². The number of nitrogens with zero attached hydrogens (tertiary/aromatic N) is 1. The first-order chi connectivity index (χ1) is 12.8. The lowest BCUT2D eigenvalue weighted by molar-refractivity contribution is -0.117. The molecule has 3 rings (SSSR count). The number of benzene rings is 2. The van der Waals surface area contributed by atoms with Crippen molar-refractivity contribution in [1.82, 2.24) is 0 Å². The average molecular weight is 389 g/mol. The summed E-state index contributed by atoms with van der Waals surface area (Å²) in [7, 11) is -2.70. The SMILES string of the molecule is COc1ccc(NC(=O)c2ccccc2N2CCCC2=O)cc1S(N)(=O)=O.